The van der Waals surface area contributed by atoms with Gasteiger partial charge in [0.15, 0.2) is 5.78 Å². The average Bonchev–Trinajstić information content (AvgIpc) is 3.41. The standard InChI is InChI=1S/C55H60F9N7O8/c1-52(2,54(59,60)61)41(22-48(74)77-5)50(75)68-70(27-40-42(57)18-34(19-43(40)58)44-15-14-36(56)24-65-44)28-46(73)35(20-45(72)49(67-51(76)78-6)53(3,4)55(62,63)64)17-32-10-7-31(8-11-32)9-12-33-13-16-47(66-23-33)69-25-37-21-38(26-69)71(37)39-29-79-30-39/h7-8,10-11,13-16,18-19,23-24,35,37-39,41,46,49,73H,17,20-22,25-30H2,1-6H3,(H,67,76)(H,68,75)/t35-,37?,38?,41-,46+,49-/m1/s1. The number of Topliss-reactive ketones (excluding diaryl/α,β-unsaturated/α-hetero) is 1. The van der Waals surface area contributed by atoms with Crippen molar-refractivity contribution in [2.24, 2.45) is 22.7 Å². The molecule has 2 aromatic heterocycles. The molecule has 2 aromatic carbocycles. The third kappa shape index (κ3) is 14.0. The summed E-state index contributed by atoms with van der Waals surface area (Å²) in [4.78, 5) is 66.4. The summed E-state index contributed by atoms with van der Waals surface area (Å²) in [7, 11) is 1.73. The fraction of sp³-hybridized carbons (Fsp3) is 0.491. The van der Waals surface area contributed by atoms with Crippen molar-refractivity contribution in [3.8, 4) is 23.1 Å². The van der Waals surface area contributed by atoms with E-state index in [-0.39, 0.29) is 17.7 Å². The van der Waals surface area contributed by atoms with Crippen LogP contribution in [0.2, 0.25) is 0 Å². The number of fused-ring (bicyclic) bond motifs is 2. The molecule has 4 fully saturated rings. The van der Waals surface area contributed by atoms with Crippen molar-refractivity contribution in [1.29, 1.82) is 0 Å². The minimum atomic E-state index is -5.13. The van der Waals surface area contributed by atoms with E-state index in [2.05, 4.69) is 46.5 Å². The molecule has 15 nitrogen and oxygen atoms in total. The number of piperazine rings is 1. The lowest BCUT2D eigenvalue weighted by molar-refractivity contribution is -0.231. The van der Waals surface area contributed by atoms with E-state index in [0.29, 0.717) is 67.5 Å². The smallest absolute Gasteiger partial charge is 0.407 e. The number of nitrogens with zero attached hydrogens (tertiary/aromatic N) is 5. The zero-order valence-electron chi connectivity index (χ0n) is 44.0. The second kappa shape index (κ2) is 24.3. The number of halogens is 9. The highest BCUT2D eigenvalue weighted by Gasteiger charge is 2.57. The molecule has 6 atom stereocenters. The number of carbonyl (C=O) groups excluding carboxylic acids is 4. The molecule has 0 saturated carbocycles. The maximum Gasteiger partial charge on any atom is 0.407 e. The Kier molecular flexibility index (Phi) is 18.4. The summed E-state index contributed by atoms with van der Waals surface area (Å²) in [6, 6.07) is 12.8. The number of alkyl halides is 6. The van der Waals surface area contributed by atoms with Crippen LogP contribution in [0.25, 0.3) is 11.3 Å². The van der Waals surface area contributed by atoms with Crippen molar-refractivity contribution >= 4 is 29.6 Å². The molecule has 4 aliphatic heterocycles. The molecule has 2 unspecified atom stereocenters. The third-order valence-corrected chi connectivity index (χ3v) is 15.1. The second-order valence-electron chi connectivity index (χ2n) is 21.1. The van der Waals surface area contributed by atoms with Crippen LogP contribution in [0.4, 0.5) is 50.1 Å². The summed E-state index contributed by atoms with van der Waals surface area (Å²) in [6.07, 6.45) is -12.5. The Morgan fingerprint density at radius 3 is 1.95 bits per heavy atom. The lowest BCUT2D eigenvalue weighted by atomic mass is 9.75. The van der Waals surface area contributed by atoms with Crippen LogP contribution in [-0.4, -0.2) is 138 Å². The van der Waals surface area contributed by atoms with Gasteiger partial charge in [-0.2, -0.15) is 26.3 Å². The molecule has 3 N–H and O–H groups in total. The number of methoxy groups -OCH3 is 2. The van der Waals surface area contributed by atoms with E-state index in [1.807, 2.05) is 17.4 Å². The zero-order valence-corrected chi connectivity index (χ0v) is 44.0. The van der Waals surface area contributed by atoms with Crippen molar-refractivity contribution in [2.45, 2.75) is 103 Å². The van der Waals surface area contributed by atoms with E-state index >= 15 is 8.78 Å². The molecule has 0 radical (unpaired) electrons. The van der Waals surface area contributed by atoms with Crippen LogP contribution in [0.5, 0.6) is 0 Å². The van der Waals surface area contributed by atoms with Crippen molar-refractivity contribution in [1.82, 2.24) is 30.6 Å². The number of hydrogen-bond donors (Lipinski definition) is 3. The van der Waals surface area contributed by atoms with Gasteiger partial charge in [-0.05, 0) is 86.7 Å². The molecular weight excluding hydrogens is 1060 g/mol. The van der Waals surface area contributed by atoms with Gasteiger partial charge in [0.1, 0.15) is 29.3 Å². The minimum Gasteiger partial charge on any atom is -0.469 e. The van der Waals surface area contributed by atoms with E-state index in [9.17, 15) is 55.0 Å². The minimum absolute atomic E-state index is 0.0636. The SMILES string of the molecule is COC(=O)C[C@H](C(=O)NN(Cc1c(F)cc(-c2ccc(F)cn2)cc1F)C[C@H](O)[C@@H](CC(=O)[C@@H](NC(=O)OC)C(C)(C)C(F)(F)F)Cc1ccc(C#Cc2ccc(N3CC4CC(C3)N4C3COC3)nc2)cc1)C(C)(C)C(F)(F)F. The number of anilines is 1. The van der Waals surface area contributed by atoms with Gasteiger partial charge in [-0.15, -0.1) is 0 Å². The largest absolute Gasteiger partial charge is 0.469 e. The number of aliphatic hydroxyl groups is 1. The van der Waals surface area contributed by atoms with Gasteiger partial charge in [-0.25, -0.2) is 28.0 Å². The lowest BCUT2D eigenvalue weighted by Gasteiger charge is -2.60. The van der Waals surface area contributed by atoms with E-state index < -0.39 is 120 Å². The van der Waals surface area contributed by atoms with Gasteiger partial charge in [0.2, 0.25) is 5.91 Å². The first kappa shape index (κ1) is 59.8. The molecule has 2 bridgehead atoms. The van der Waals surface area contributed by atoms with Gasteiger partial charge in [0.25, 0.3) is 0 Å². The van der Waals surface area contributed by atoms with Gasteiger partial charge < -0.3 is 29.5 Å². The number of piperidine rings is 1. The number of aromatic nitrogens is 2. The van der Waals surface area contributed by atoms with Crippen molar-refractivity contribution in [3.63, 3.8) is 0 Å². The summed E-state index contributed by atoms with van der Waals surface area (Å²) in [6.45, 7) is 3.77. The van der Waals surface area contributed by atoms with Crippen LogP contribution in [0.15, 0.2) is 73.1 Å². The second-order valence-corrected chi connectivity index (χ2v) is 21.1. The monoisotopic (exact) mass is 1120 g/mol. The molecule has 4 aliphatic rings. The molecule has 0 spiro atoms. The number of nitrogens with one attached hydrogen (secondary N) is 2. The number of pyridine rings is 2. The highest BCUT2D eigenvalue weighted by atomic mass is 19.4. The number of ketones is 1. The third-order valence-electron chi connectivity index (χ3n) is 15.1. The highest BCUT2D eigenvalue weighted by molar-refractivity contribution is 5.88. The predicted octanol–water partition coefficient (Wildman–Crippen LogP) is 7.72. The predicted molar refractivity (Wildman–Crippen MR) is 268 cm³/mol. The Morgan fingerprint density at radius 1 is 0.797 bits per heavy atom. The molecule has 0 aliphatic carbocycles. The van der Waals surface area contributed by atoms with Gasteiger partial charge in [-0.3, -0.25) is 29.7 Å². The Labute approximate surface area is 450 Å². The summed E-state index contributed by atoms with van der Waals surface area (Å²) >= 11 is 0. The summed E-state index contributed by atoms with van der Waals surface area (Å²) in [5.74, 6) is -4.20. The van der Waals surface area contributed by atoms with Gasteiger partial charge in [0, 0.05) is 73.1 Å². The number of hydrogen-bond acceptors (Lipinski definition) is 13. The summed E-state index contributed by atoms with van der Waals surface area (Å²) in [5, 5.41) is 14.7. The number of alkyl carbamates (subject to hydrolysis) is 1. The molecule has 426 valence electrons. The van der Waals surface area contributed by atoms with Crippen LogP contribution < -0.4 is 15.6 Å². The van der Waals surface area contributed by atoms with Crippen LogP contribution in [0, 0.1) is 52.0 Å². The first-order valence-electron chi connectivity index (χ1n) is 25.2. The number of amides is 2. The van der Waals surface area contributed by atoms with E-state index in [4.69, 9.17) is 4.74 Å². The Bertz CT molecular complexity index is 2860. The van der Waals surface area contributed by atoms with Crippen LogP contribution >= 0.6 is 0 Å². The molecule has 4 saturated heterocycles. The highest BCUT2D eigenvalue weighted by Crippen LogP contribution is 2.46. The first-order chi connectivity index (χ1) is 37.1. The fourth-order valence-corrected chi connectivity index (χ4v) is 9.88. The molecule has 79 heavy (non-hydrogen) atoms. The van der Waals surface area contributed by atoms with Crippen LogP contribution in [-0.2, 0) is 41.6 Å². The first-order valence-corrected chi connectivity index (χ1v) is 25.2. The van der Waals surface area contributed by atoms with Crippen LogP contribution in [0.1, 0.15) is 69.2 Å². The van der Waals surface area contributed by atoms with Crippen molar-refractivity contribution in [2.75, 3.05) is 52.0 Å². The number of esters is 1. The molecular formula is C55H60F9N7O8. The van der Waals surface area contributed by atoms with Gasteiger partial charge in [-0.1, -0.05) is 37.8 Å². The van der Waals surface area contributed by atoms with E-state index in [1.54, 1.807) is 30.5 Å². The van der Waals surface area contributed by atoms with Gasteiger partial charge in [0.05, 0.1) is 74.6 Å². The summed E-state index contributed by atoms with van der Waals surface area (Å²) in [5.41, 5.74) is -3.34. The van der Waals surface area contributed by atoms with Crippen LogP contribution in [0.3, 0.4) is 0 Å². The molecule has 8 rings (SSSR count). The maximum absolute atomic E-state index is 16.1. The maximum atomic E-state index is 16.1. The summed E-state index contributed by atoms with van der Waals surface area (Å²) < 4.78 is 148. The Morgan fingerprint density at radius 2 is 1.42 bits per heavy atom. The lowest BCUT2D eigenvalue weighted by Crippen LogP contribution is -2.74. The molecule has 6 heterocycles. The number of aliphatic hydroxyl groups excluding tert-OH is 1. The Balaban J connectivity index is 1.18. The molecule has 2 amide bonds. The topological polar surface area (TPSA) is 176 Å². The average molecular weight is 1120 g/mol. The quantitative estimate of drug-likeness (QED) is 0.0340. The van der Waals surface area contributed by atoms with Crippen molar-refractivity contribution < 1.29 is 78.0 Å². The fourth-order valence-electron chi connectivity index (χ4n) is 9.88. The zero-order chi connectivity index (χ0) is 57.8. The number of hydrazine groups is 1. The van der Waals surface area contributed by atoms with E-state index in [0.717, 1.165) is 83.2 Å². The van der Waals surface area contributed by atoms with Gasteiger partial charge >= 0.3 is 24.4 Å². The number of ether oxygens (including phenoxy) is 3. The van der Waals surface area contributed by atoms with E-state index in [1.165, 1.54) is 0 Å². The number of rotatable bonds is 20. The van der Waals surface area contributed by atoms with Crippen molar-refractivity contribution in [3.05, 3.63) is 113 Å². The molecule has 24 heteroatoms. The normalized spacial score (nSPS) is 18.5. The number of carbonyl (C=O) groups is 4. The molecule has 4 aromatic rings. The Hall–Kier alpha value is -6.81. The number of benzene rings is 2.